The van der Waals surface area contributed by atoms with E-state index in [1.165, 1.54) is 17.7 Å². The molecule has 1 aliphatic heterocycles. The predicted octanol–water partition coefficient (Wildman–Crippen LogP) is 4.77. The Hall–Kier alpha value is -3.58. The van der Waals surface area contributed by atoms with Crippen molar-refractivity contribution in [1.29, 1.82) is 0 Å². The van der Waals surface area contributed by atoms with Crippen molar-refractivity contribution in [3.63, 3.8) is 0 Å². The van der Waals surface area contributed by atoms with Crippen LogP contribution in [0.4, 0.5) is 4.39 Å². The van der Waals surface area contributed by atoms with Crippen LogP contribution in [0, 0.1) is 5.82 Å². The SMILES string of the molecule is Fc1cccc(-c2cncc3[nH]c(-c4n[nH]c5ncc(C6CCNCC6)cc45)cc23)c1. The standard InChI is InChI=1S/C24H21FN6/c25-17-3-1-2-15(8-17)20-12-27-13-22-18(20)10-21(29-22)23-19-9-16(11-28-24(19)31-30-23)14-4-6-26-7-5-14/h1-3,8-14,26,29H,4-7H2,(H,28,30,31). The number of aromatic amines is 2. The minimum atomic E-state index is -0.264. The summed E-state index contributed by atoms with van der Waals surface area (Å²) < 4.78 is 13.8. The van der Waals surface area contributed by atoms with Gasteiger partial charge in [-0.1, -0.05) is 12.1 Å². The third kappa shape index (κ3) is 3.18. The molecule has 0 radical (unpaired) electrons. The lowest BCUT2D eigenvalue weighted by Gasteiger charge is -2.22. The van der Waals surface area contributed by atoms with E-state index in [2.05, 4.69) is 42.6 Å². The molecule has 3 N–H and O–H groups in total. The van der Waals surface area contributed by atoms with E-state index < -0.39 is 0 Å². The number of nitrogens with one attached hydrogen (secondary N) is 3. The van der Waals surface area contributed by atoms with Gasteiger partial charge in [-0.05, 0) is 67.2 Å². The lowest BCUT2D eigenvalue weighted by atomic mass is 9.91. The van der Waals surface area contributed by atoms with Crippen LogP contribution in [0.2, 0.25) is 0 Å². The second kappa shape index (κ2) is 7.28. The zero-order valence-corrected chi connectivity index (χ0v) is 16.8. The molecule has 0 saturated carbocycles. The van der Waals surface area contributed by atoms with Crippen molar-refractivity contribution in [2.45, 2.75) is 18.8 Å². The van der Waals surface area contributed by atoms with E-state index in [-0.39, 0.29) is 5.82 Å². The van der Waals surface area contributed by atoms with Crippen molar-refractivity contribution >= 4 is 21.9 Å². The van der Waals surface area contributed by atoms with Gasteiger partial charge in [-0.2, -0.15) is 5.10 Å². The van der Waals surface area contributed by atoms with E-state index in [1.807, 2.05) is 12.3 Å². The molecule has 5 heterocycles. The first-order valence-corrected chi connectivity index (χ1v) is 10.5. The molecule has 6 nitrogen and oxygen atoms in total. The van der Waals surface area contributed by atoms with Crippen molar-refractivity contribution in [2.24, 2.45) is 0 Å². The lowest BCUT2D eigenvalue weighted by molar-refractivity contribution is 0.460. The van der Waals surface area contributed by atoms with Crippen molar-refractivity contribution in [1.82, 2.24) is 30.5 Å². The number of hydrogen-bond acceptors (Lipinski definition) is 4. The Labute approximate surface area is 177 Å². The molecule has 0 bridgehead atoms. The lowest BCUT2D eigenvalue weighted by Crippen LogP contribution is -2.26. The summed E-state index contributed by atoms with van der Waals surface area (Å²) in [4.78, 5) is 12.4. The van der Waals surface area contributed by atoms with Crippen LogP contribution in [-0.2, 0) is 0 Å². The molecule has 31 heavy (non-hydrogen) atoms. The first kappa shape index (κ1) is 18.2. The number of fused-ring (bicyclic) bond motifs is 2. The Morgan fingerprint density at radius 2 is 1.87 bits per heavy atom. The molecule has 1 fully saturated rings. The van der Waals surface area contributed by atoms with Crippen LogP contribution >= 0.6 is 0 Å². The maximum Gasteiger partial charge on any atom is 0.155 e. The molecule has 0 unspecified atom stereocenters. The van der Waals surface area contributed by atoms with Gasteiger partial charge in [0.2, 0.25) is 0 Å². The van der Waals surface area contributed by atoms with Gasteiger partial charge in [0, 0.05) is 28.7 Å². The average molecular weight is 412 g/mol. The van der Waals surface area contributed by atoms with Gasteiger partial charge in [0.15, 0.2) is 5.65 Å². The molecule has 5 aromatic rings. The van der Waals surface area contributed by atoms with Crippen LogP contribution in [0.15, 0.2) is 55.0 Å². The fourth-order valence-electron chi connectivity index (χ4n) is 4.57. The zero-order chi connectivity index (χ0) is 20.8. The highest BCUT2D eigenvalue weighted by Crippen LogP contribution is 2.34. The summed E-state index contributed by atoms with van der Waals surface area (Å²) in [5.41, 5.74) is 6.31. The minimum absolute atomic E-state index is 0.264. The molecule has 1 saturated heterocycles. The Morgan fingerprint density at radius 3 is 2.74 bits per heavy atom. The summed E-state index contributed by atoms with van der Waals surface area (Å²) in [7, 11) is 0. The second-order valence-electron chi connectivity index (χ2n) is 8.10. The zero-order valence-electron chi connectivity index (χ0n) is 16.8. The minimum Gasteiger partial charge on any atom is -0.352 e. The largest absolute Gasteiger partial charge is 0.352 e. The van der Waals surface area contributed by atoms with Crippen molar-refractivity contribution < 1.29 is 4.39 Å². The molecule has 0 spiro atoms. The number of benzene rings is 1. The van der Waals surface area contributed by atoms with E-state index in [9.17, 15) is 4.39 Å². The summed E-state index contributed by atoms with van der Waals surface area (Å²) in [5.74, 6) is 0.257. The van der Waals surface area contributed by atoms with Crippen LogP contribution in [-0.4, -0.2) is 38.2 Å². The molecule has 0 atom stereocenters. The van der Waals surface area contributed by atoms with Gasteiger partial charge in [-0.15, -0.1) is 0 Å². The van der Waals surface area contributed by atoms with Crippen LogP contribution < -0.4 is 5.32 Å². The average Bonchev–Trinajstić information content (AvgIpc) is 3.43. The molecule has 0 amide bonds. The number of aromatic nitrogens is 5. The highest BCUT2D eigenvalue weighted by Gasteiger charge is 2.19. The fourth-order valence-corrected chi connectivity index (χ4v) is 4.57. The molecule has 1 aromatic carbocycles. The summed E-state index contributed by atoms with van der Waals surface area (Å²) in [6.45, 7) is 2.08. The molecule has 154 valence electrons. The Morgan fingerprint density at radius 1 is 0.968 bits per heavy atom. The van der Waals surface area contributed by atoms with Gasteiger partial charge < -0.3 is 10.3 Å². The molecule has 6 rings (SSSR count). The van der Waals surface area contributed by atoms with Crippen LogP contribution in [0.25, 0.3) is 44.5 Å². The number of piperidine rings is 1. The molecule has 0 aliphatic carbocycles. The number of hydrogen-bond donors (Lipinski definition) is 3. The van der Waals surface area contributed by atoms with Gasteiger partial charge in [0.25, 0.3) is 0 Å². The van der Waals surface area contributed by atoms with E-state index in [1.54, 1.807) is 18.5 Å². The first-order valence-electron chi connectivity index (χ1n) is 10.5. The van der Waals surface area contributed by atoms with Gasteiger partial charge in [0.05, 0.1) is 17.4 Å². The maximum atomic E-state index is 13.8. The van der Waals surface area contributed by atoms with Gasteiger partial charge in [-0.25, -0.2) is 9.37 Å². The van der Waals surface area contributed by atoms with Gasteiger partial charge in [-0.3, -0.25) is 10.1 Å². The summed E-state index contributed by atoms with van der Waals surface area (Å²) in [6.07, 6.45) is 7.77. The molecule has 1 aliphatic rings. The summed E-state index contributed by atoms with van der Waals surface area (Å²) >= 11 is 0. The number of pyridine rings is 2. The monoisotopic (exact) mass is 412 g/mol. The van der Waals surface area contributed by atoms with Crippen molar-refractivity contribution in [2.75, 3.05) is 13.1 Å². The van der Waals surface area contributed by atoms with Crippen molar-refractivity contribution in [3.8, 4) is 22.5 Å². The van der Waals surface area contributed by atoms with E-state index in [0.29, 0.717) is 5.92 Å². The Bertz CT molecular complexity index is 1400. The van der Waals surface area contributed by atoms with Gasteiger partial charge >= 0.3 is 0 Å². The maximum absolute atomic E-state index is 13.8. The first-order chi connectivity index (χ1) is 15.3. The summed E-state index contributed by atoms with van der Waals surface area (Å²) in [6, 6.07) is 10.9. The highest BCUT2D eigenvalue weighted by molar-refractivity contribution is 6.00. The number of H-pyrrole nitrogens is 2. The Kier molecular flexibility index (Phi) is 4.28. The highest BCUT2D eigenvalue weighted by atomic mass is 19.1. The quantitative estimate of drug-likeness (QED) is 0.399. The number of nitrogens with zero attached hydrogens (tertiary/aromatic N) is 3. The van der Waals surface area contributed by atoms with Gasteiger partial charge in [0.1, 0.15) is 11.5 Å². The van der Waals surface area contributed by atoms with Crippen molar-refractivity contribution in [3.05, 3.63) is 66.4 Å². The third-order valence-electron chi connectivity index (χ3n) is 6.18. The molecular formula is C24H21FN6. The van der Waals surface area contributed by atoms with Crippen LogP contribution in [0.3, 0.4) is 0 Å². The topological polar surface area (TPSA) is 82.3 Å². The third-order valence-corrected chi connectivity index (χ3v) is 6.18. The van der Waals surface area contributed by atoms with E-state index in [4.69, 9.17) is 0 Å². The fraction of sp³-hybridized carbons (Fsp3) is 0.208. The molecule has 4 aromatic heterocycles. The van der Waals surface area contributed by atoms with E-state index in [0.717, 1.165) is 70.4 Å². The number of rotatable bonds is 3. The molecule has 7 heteroatoms. The Balaban J connectivity index is 1.47. The predicted molar refractivity (Wildman–Crippen MR) is 119 cm³/mol. The summed E-state index contributed by atoms with van der Waals surface area (Å²) in [5, 5.41) is 13.0. The number of halogens is 1. The smallest absolute Gasteiger partial charge is 0.155 e. The normalized spacial score (nSPS) is 15.1. The van der Waals surface area contributed by atoms with Crippen LogP contribution in [0.5, 0.6) is 0 Å². The van der Waals surface area contributed by atoms with E-state index >= 15 is 0 Å². The second-order valence-corrected chi connectivity index (χ2v) is 8.10. The molecular weight excluding hydrogens is 391 g/mol. The van der Waals surface area contributed by atoms with Crippen LogP contribution in [0.1, 0.15) is 24.3 Å².